The van der Waals surface area contributed by atoms with Crippen molar-refractivity contribution in [3.05, 3.63) is 64.2 Å². The first-order valence-electron chi connectivity index (χ1n) is 7.54. The van der Waals surface area contributed by atoms with Crippen LogP contribution in [0.4, 0.5) is 5.69 Å². The molecule has 2 aromatic carbocycles. The summed E-state index contributed by atoms with van der Waals surface area (Å²) in [7, 11) is 0. The molecule has 0 saturated heterocycles. The Morgan fingerprint density at radius 3 is 2.30 bits per heavy atom. The predicted octanol–water partition coefficient (Wildman–Crippen LogP) is 5.10. The average molecular weight is 265 g/mol. The molecule has 20 heavy (non-hydrogen) atoms. The van der Waals surface area contributed by atoms with E-state index in [4.69, 9.17) is 0 Å². The summed E-state index contributed by atoms with van der Waals surface area (Å²) in [5, 5.41) is 3.65. The van der Waals surface area contributed by atoms with Crippen LogP contribution in [0.5, 0.6) is 0 Å². The van der Waals surface area contributed by atoms with Crippen molar-refractivity contribution in [1.29, 1.82) is 0 Å². The molecule has 0 atom stereocenters. The van der Waals surface area contributed by atoms with Crippen LogP contribution in [0.3, 0.4) is 0 Å². The molecule has 1 saturated carbocycles. The van der Waals surface area contributed by atoms with Gasteiger partial charge in [-0.15, -0.1) is 0 Å². The van der Waals surface area contributed by atoms with Gasteiger partial charge in [0.15, 0.2) is 0 Å². The van der Waals surface area contributed by atoms with E-state index in [0.29, 0.717) is 0 Å². The van der Waals surface area contributed by atoms with E-state index in [-0.39, 0.29) is 0 Å². The summed E-state index contributed by atoms with van der Waals surface area (Å²) in [5.41, 5.74) is 8.31. The molecule has 0 aromatic heterocycles. The Bertz CT molecular complexity index is 600. The largest absolute Gasteiger partial charge is 0.381 e. The first-order chi connectivity index (χ1) is 9.65. The van der Waals surface area contributed by atoms with Crippen LogP contribution >= 0.6 is 0 Å². The lowest BCUT2D eigenvalue weighted by Crippen LogP contribution is -2.05. The van der Waals surface area contributed by atoms with Gasteiger partial charge < -0.3 is 5.32 Å². The van der Waals surface area contributed by atoms with E-state index in [1.54, 1.807) is 5.56 Å². The predicted molar refractivity (Wildman–Crippen MR) is 86.4 cm³/mol. The van der Waals surface area contributed by atoms with Crippen molar-refractivity contribution in [3.8, 4) is 0 Å². The zero-order valence-corrected chi connectivity index (χ0v) is 12.7. The van der Waals surface area contributed by atoms with E-state index in [0.717, 1.165) is 12.5 Å². The Balaban J connectivity index is 1.80. The van der Waals surface area contributed by atoms with Crippen LogP contribution in [0.1, 0.15) is 46.6 Å². The highest BCUT2D eigenvalue weighted by Crippen LogP contribution is 2.41. The molecule has 1 fully saturated rings. The number of rotatable bonds is 4. The molecule has 3 rings (SSSR count). The topological polar surface area (TPSA) is 12.0 Å². The van der Waals surface area contributed by atoms with Gasteiger partial charge >= 0.3 is 0 Å². The second-order valence-corrected chi connectivity index (χ2v) is 6.10. The number of benzene rings is 2. The molecule has 2 aromatic rings. The molecule has 1 N–H and O–H groups in total. The maximum absolute atomic E-state index is 3.65. The minimum Gasteiger partial charge on any atom is -0.381 e. The number of hydrogen-bond donors (Lipinski definition) is 1. The molecule has 0 bridgehead atoms. The normalized spacial score (nSPS) is 14.3. The van der Waals surface area contributed by atoms with Gasteiger partial charge in [0.25, 0.3) is 0 Å². The molecular weight excluding hydrogens is 242 g/mol. The first kappa shape index (κ1) is 13.2. The van der Waals surface area contributed by atoms with Crippen molar-refractivity contribution in [1.82, 2.24) is 0 Å². The van der Waals surface area contributed by atoms with Crippen LogP contribution in [0.2, 0.25) is 0 Å². The van der Waals surface area contributed by atoms with Gasteiger partial charge in [0.05, 0.1) is 0 Å². The molecule has 0 heterocycles. The average Bonchev–Trinajstić information content (AvgIpc) is 3.22. The summed E-state index contributed by atoms with van der Waals surface area (Å²) in [4.78, 5) is 0. The Morgan fingerprint density at radius 1 is 1.00 bits per heavy atom. The van der Waals surface area contributed by atoms with Gasteiger partial charge in [-0.1, -0.05) is 42.0 Å². The third kappa shape index (κ3) is 2.72. The summed E-state index contributed by atoms with van der Waals surface area (Å²) in [6.07, 6.45) is 2.72. The lowest BCUT2D eigenvalue weighted by molar-refractivity contribution is 1.03. The van der Waals surface area contributed by atoms with E-state index in [1.165, 1.54) is 40.8 Å². The van der Waals surface area contributed by atoms with Crippen LogP contribution in [0.25, 0.3) is 0 Å². The molecule has 0 radical (unpaired) electrons. The standard InChI is InChI=1S/C19H23N/c1-13-10-14(2)19(15(3)11-13)20-12-17-6-4-5-7-18(17)16-8-9-16/h4-7,10-11,16,20H,8-9,12H2,1-3H3. The van der Waals surface area contributed by atoms with Crippen LogP contribution in [-0.4, -0.2) is 0 Å². The zero-order valence-electron chi connectivity index (χ0n) is 12.7. The van der Waals surface area contributed by atoms with Crippen molar-refractivity contribution in [2.24, 2.45) is 0 Å². The fourth-order valence-corrected chi connectivity index (χ4v) is 3.13. The zero-order chi connectivity index (χ0) is 14.1. The number of nitrogens with one attached hydrogen (secondary N) is 1. The Morgan fingerprint density at radius 2 is 1.65 bits per heavy atom. The van der Waals surface area contributed by atoms with Gasteiger partial charge in [-0.25, -0.2) is 0 Å². The third-order valence-corrected chi connectivity index (χ3v) is 4.20. The van der Waals surface area contributed by atoms with Crippen LogP contribution in [0.15, 0.2) is 36.4 Å². The second-order valence-electron chi connectivity index (χ2n) is 6.10. The fourth-order valence-electron chi connectivity index (χ4n) is 3.13. The van der Waals surface area contributed by atoms with E-state index >= 15 is 0 Å². The quantitative estimate of drug-likeness (QED) is 0.810. The summed E-state index contributed by atoms with van der Waals surface area (Å²) >= 11 is 0. The molecule has 1 heteroatoms. The summed E-state index contributed by atoms with van der Waals surface area (Å²) in [6.45, 7) is 7.47. The smallest absolute Gasteiger partial charge is 0.0403 e. The lowest BCUT2D eigenvalue weighted by atomic mass is 10.0. The Hall–Kier alpha value is -1.76. The van der Waals surface area contributed by atoms with E-state index in [1.807, 2.05) is 0 Å². The minimum absolute atomic E-state index is 0.813. The monoisotopic (exact) mass is 265 g/mol. The molecule has 0 amide bonds. The first-order valence-corrected chi connectivity index (χ1v) is 7.54. The van der Waals surface area contributed by atoms with Crippen molar-refractivity contribution in [2.75, 3.05) is 5.32 Å². The number of hydrogen-bond acceptors (Lipinski definition) is 1. The molecule has 104 valence electrons. The summed E-state index contributed by atoms with van der Waals surface area (Å²) in [5.74, 6) is 0.813. The molecule has 0 unspecified atom stereocenters. The van der Waals surface area contributed by atoms with Gasteiger partial charge in [0.1, 0.15) is 0 Å². The van der Waals surface area contributed by atoms with Crippen molar-refractivity contribution in [3.63, 3.8) is 0 Å². The van der Waals surface area contributed by atoms with Crippen LogP contribution in [-0.2, 0) is 6.54 Å². The Labute approximate surface area is 122 Å². The summed E-state index contributed by atoms with van der Waals surface area (Å²) in [6, 6.07) is 13.4. The molecule has 0 aliphatic heterocycles. The molecule has 1 aliphatic rings. The van der Waals surface area contributed by atoms with E-state index in [9.17, 15) is 0 Å². The van der Waals surface area contributed by atoms with Gasteiger partial charge in [-0.2, -0.15) is 0 Å². The highest BCUT2D eigenvalue weighted by Gasteiger charge is 2.25. The Kier molecular flexibility index (Phi) is 3.52. The van der Waals surface area contributed by atoms with Crippen molar-refractivity contribution < 1.29 is 0 Å². The highest BCUT2D eigenvalue weighted by atomic mass is 14.9. The van der Waals surface area contributed by atoms with E-state index in [2.05, 4.69) is 62.5 Å². The van der Waals surface area contributed by atoms with Crippen LogP contribution < -0.4 is 5.32 Å². The third-order valence-electron chi connectivity index (χ3n) is 4.20. The van der Waals surface area contributed by atoms with Gasteiger partial charge in [0, 0.05) is 12.2 Å². The SMILES string of the molecule is Cc1cc(C)c(NCc2ccccc2C2CC2)c(C)c1. The maximum atomic E-state index is 3.65. The minimum atomic E-state index is 0.813. The van der Waals surface area contributed by atoms with Gasteiger partial charge in [-0.05, 0) is 61.8 Å². The molecule has 1 nitrogen and oxygen atoms in total. The van der Waals surface area contributed by atoms with Crippen molar-refractivity contribution in [2.45, 2.75) is 46.1 Å². The second kappa shape index (κ2) is 5.32. The van der Waals surface area contributed by atoms with Crippen LogP contribution in [0, 0.1) is 20.8 Å². The molecule has 0 spiro atoms. The lowest BCUT2D eigenvalue weighted by Gasteiger charge is -2.15. The maximum Gasteiger partial charge on any atom is 0.0403 e. The number of aryl methyl sites for hydroxylation is 3. The fraction of sp³-hybridized carbons (Fsp3) is 0.368. The molecule has 1 aliphatic carbocycles. The summed E-state index contributed by atoms with van der Waals surface area (Å²) < 4.78 is 0. The highest BCUT2D eigenvalue weighted by molar-refractivity contribution is 5.58. The van der Waals surface area contributed by atoms with Gasteiger partial charge in [-0.3, -0.25) is 0 Å². The van der Waals surface area contributed by atoms with E-state index < -0.39 is 0 Å². The molecular formula is C19H23N. The van der Waals surface area contributed by atoms with Crippen molar-refractivity contribution >= 4 is 5.69 Å². The van der Waals surface area contributed by atoms with Gasteiger partial charge in [0.2, 0.25) is 0 Å². The number of anilines is 1.